The normalized spacial score (nSPS) is 17.1. The van der Waals surface area contributed by atoms with Crippen LogP contribution >= 0.6 is 23.2 Å². The zero-order valence-electron chi connectivity index (χ0n) is 17.1. The van der Waals surface area contributed by atoms with Gasteiger partial charge in [-0.3, -0.25) is 4.79 Å². The summed E-state index contributed by atoms with van der Waals surface area (Å²) in [5.41, 5.74) is -0.261. The number of nitrogen functional groups attached to an aromatic ring is 1. The average Bonchev–Trinajstić information content (AvgIpc) is 3.49. The van der Waals surface area contributed by atoms with E-state index >= 15 is 0 Å². The van der Waals surface area contributed by atoms with E-state index in [1.807, 2.05) is 0 Å². The highest BCUT2D eigenvalue weighted by Crippen LogP contribution is 2.58. The number of anilines is 1. The van der Waals surface area contributed by atoms with Gasteiger partial charge in [0.1, 0.15) is 0 Å². The van der Waals surface area contributed by atoms with Crippen molar-refractivity contribution < 1.29 is 27.6 Å². The molecule has 0 amide bonds. The van der Waals surface area contributed by atoms with Crippen molar-refractivity contribution in [3.63, 3.8) is 0 Å². The van der Waals surface area contributed by atoms with E-state index < -0.39 is 46.3 Å². The Morgan fingerprint density at radius 2 is 1.91 bits per heavy atom. The molecule has 2 aromatic carbocycles. The summed E-state index contributed by atoms with van der Waals surface area (Å²) in [6, 6.07) is 6.48. The summed E-state index contributed by atoms with van der Waals surface area (Å²) in [4.78, 5) is 25.1. The minimum absolute atomic E-state index is 0.0106. The van der Waals surface area contributed by atoms with E-state index in [2.05, 4.69) is 9.68 Å². The fraction of sp³-hybridized carbons (Fsp3) is 0.318. The fourth-order valence-corrected chi connectivity index (χ4v) is 4.82. The Hall–Kier alpha value is -2.62. The maximum atomic E-state index is 14.2. The SMILES string of the molecule is Cc1noc(=O)c2ccc(C(=O)C(O)(CC3(c4ccc(Cl)cc4Cl)CC3)C(F)(F)F)c(N)c12. The third kappa shape index (κ3) is 3.78. The van der Waals surface area contributed by atoms with Crippen LogP contribution in [0.15, 0.2) is 39.6 Å². The number of carbonyl (C=O) groups excluding carboxylic acids is 1. The van der Waals surface area contributed by atoms with E-state index in [9.17, 15) is 27.9 Å². The van der Waals surface area contributed by atoms with Crippen LogP contribution in [0.5, 0.6) is 0 Å². The lowest BCUT2D eigenvalue weighted by atomic mass is 9.78. The first-order valence-corrected chi connectivity index (χ1v) is 10.5. The van der Waals surface area contributed by atoms with Gasteiger partial charge in [0.15, 0.2) is 0 Å². The highest BCUT2D eigenvalue weighted by molar-refractivity contribution is 6.35. The van der Waals surface area contributed by atoms with Crippen LogP contribution < -0.4 is 11.4 Å². The average molecular weight is 501 g/mol. The van der Waals surface area contributed by atoms with E-state index in [1.165, 1.54) is 25.1 Å². The van der Waals surface area contributed by atoms with E-state index in [0.29, 0.717) is 10.6 Å². The van der Waals surface area contributed by atoms with Crippen molar-refractivity contribution in [3.8, 4) is 0 Å². The number of nitrogens with two attached hydrogens (primary N) is 1. The molecule has 0 aliphatic heterocycles. The van der Waals surface area contributed by atoms with Crippen molar-refractivity contribution in [3.05, 3.63) is 67.6 Å². The first kappa shape index (κ1) is 23.5. The third-order valence-corrected chi connectivity index (χ3v) is 6.68. The second kappa shape index (κ2) is 7.72. The van der Waals surface area contributed by atoms with Crippen LogP contribution in [0, 0.1) is 6.92 Å². The number of ketones is 1. The van der Waals surface area contributed by atoms with E-state index in [-0.39, 0.29) is 34.3 Å². The van der Waals surface area contributed by atoms with E-state index in [0.717, 1.165) is 12.1 Å². The Morgan fingerprint density at radius 3 is 2.48 bits per heavy atom. The molecule has 1 fully saturated rings. The lowest BCUT2D eigenvalue weighted by Gasteiger charge is -2.33. The first-order valence-electron chi connectivity index (χ1n) is 9.79. The molecular weight excluding hydrogens is 484 g/mol. The van der Waals surface area contributed by atoms with Crippen molar-refractivity contribution in [2.45, 2.75) is 43.4 Å². The molecule has 0 bridgehead atoms. The summed E-state index contributed by atoms with van der Waals surface area (Å²) in [6.45, 7) is 1.42. The van der Waals surface area contributed by atoms with E-state index in [4.69, 9.17) is 28.9 Å². The van der Waals surface area contributed by atoms with Crippen molar-refractivity contribution in [1.29, 1.82) is 0 Å². The molecule has 1 atom stereocenters. The zero-order valence-corrected chi connectivity index (χ0v) is 18.6. The minimum atomic E-state index is -5.32. The summed E-state index contributed by atoms with van der Waals surface area (Å²) in [5, 5.41) is 14.8. The number of halogens is 5. The molecule has 1 aliphatic rings. The van der Waals surface area contributed by atoms with Crippen LogP contribution in [0.1, 0.15) is 40.9 Å². The minimum Gasteiger partial charge on any atom is -0.398 e. The molecule has 1 aromatic heterocycles. The van der Waals surface area contributed by atoms with Crippen molar-refractivity contribution in [2.24, 2.45) is 0 Å². The van der Waals surface area contributed by atoms with Crippen LogP contribution in [0.25, 0.3) is 10.8 Å². The van der Waals surface area contributed by atoms with Crippen molar-refractivity contribution in [2.75, 3.05) is 5.73 Å². The second-order valence-electron chi connectivity index (χ2n) is 8.27. The van der Waals surface area contributed by atoms with Crippen LogP contribution in [0.2, 0.25) is 10.0 Å². The van der Waals surface area contributed by atoms with Gasteiger partial charge in [0.25, 0.3) is 0 Å². The highest BCUT2D eigenvalue weighted by atomic mass is 35.5. The lowest BCUT2D eigenvalue weighted by Crippen LogP contribution is -2.54. The number of hydrogen-bond acceptors (Lipinski definition) is 6. The number of nitrogens with zero attached hydrogens (tertiary/aromatic N) is 1. The molecule has 4 rings (SSSR count). The molecule has 174 valence electrons. The molecule has 11 heteroatoms. The molecule has 1 unspecified atom stereocenters. The topological polar surface area (TPSA) is 106 Å². The number of Topliss-reactive ketones (excluding diaryl/α,β-unsaturated/α-hetero) is 1. The summed E-state index contributed by atoms with van der Waals surface area (Å²) in [5.74, 6) is -1.63. The molecule has 1 saturated carbocycles. The highest BCUT2D eigenvalue weighted by Gasteiger charge is 2.65. The number of benzene rings is 2. The summed E-state index contributed by atoms with van der Waals surface area (Å²) < 4.78 is 47.3. The predicted octanol–water partition coefficient (Wildman–Crippen LogP) is 4.98. The van der Waals surface area contributed by atoms with Gasteiger partial charge in [0, 0.05) is 32.8 Å². The lowest BCUT2D eigenvalue weighted by molar-refractivity contribution is -0.241. The van der Waals surface area contributed by atoms with Crippen molar-refractivity contribution >= 4 is 45.4 Å². The maximum absolute atomic E-state index is 14.2. The predicted molar refractivity (Wildman–Crippen MR) is 117 cm³/mol. The quantitative estimate of drug-likeness (QED) is 0.377. The molecule has 0 saturated heterocycles. The molecule has 0 radical (unpaired) electrons. The van der Waals surface area contributed by atoms with Crippen LogP contribution in [-0.4, -0.2) is 27.8 Å². The molecule has 3 aromatic rings. The summed E-state index contributed by atoms with van der Waals surface area (Å²) in [7, 11) is 0. The Morgan fingerprint density at radius 1 is 1.24 bits per heavy atom. The number of carbonyl (C=O) groups is 1. The number of alkyl halides is 3. The second-order valence-corrected chi connectivity index (χ2v) is 9.12. The van der Waals surface area contributed by atoms with Crippen LogP contribution in [0.4, 0.5) is 18.9 Å². The van der Waals surface area contributed by atoms with Gasteiger partial charge >= 0.3 is 11.8 Å². The van der Waals surface area contributed by atoms with Crippen molar-refractivity contribution in [1.82, 2.24) is 5.16 Å². The molecule has 1 heterocycles. The molecular formula is C22H17Cl2F3N2O4. The number of aliphatic hydroxyl groups is 1. The number of fused-ring (bicyclic) bond motifs is 1. The van der Waals surface area contributed by atoms with Gasteiger partial charge < -0.3 is 15.4 Å². The Kier molecular flexibility index (Phi) is 5.50. The number of aryl methyl sites for hydroxylation is 1. The van der Waals surface area contributed by atoms with Gasteiger partial charge in [-0.15, -0.1) is 0 Å². The van der Waals surface area contributed by atoms with Gasteiger partial charge in [-0.25, -0.2) is 4.79 Å². The van der Waals surface area contributed by atoms with Gasteiger partial charge in [0.05, 0.1) is 16.8 Å². The summed E-state index contributed by atoms with van der Waals surface area (Å²) in [6.07, 6.45) is -5.69. The fourth-order valence-electron chi connectivity index (χ4n) is 4.22. The molecule has 3 N–H and O–H groups in total. The smallest absolute Gasteiger partial charge is 0.398 e. The molecule has 6 nitrogen and oxygen atoms in total. The number of hydrogen-bond donors (Lipinski definition) is 2. The monoisotopic (exact) mass is 500 g/mol. The first-order chi connectivity index (χ1) is 15.3. The third-order valence-electron chi connectivity index (χ3n) is 6.13. The largest absolute Gasteiger partial charge is 0.424 e. The van der Waals surface area contributed by atoms with Crippen LogP contribution in [0.3, 0.4) is 0 Å². The van der Waals surface area contributed by atoms with Gasteiger partial charge in [-0.2, -0.15) is 13.2 Å². The number of rotatable bonds is 5. The van der Waals surface area contributed by atoms with Gasteiger partial charge in [-0.1, -0.05) is 34.4 Å². The number of aromatic nitrogens is 1. The van der Waals surface area contributed by atoms with E-state index in [1.54, 1.807) is 0 Å². The van der Waals surface area contributed by atoms with Gasteiger partial charge in [-0.05, 0) is 49.6 Å². The molecule has 1 aliphatic carbocycles. The summed E-state index contributed by atoms with van der Waals surface area (Å²) >= 11 is 12.1. The zero-order chi connectivity index (χ0) is 24.3. The van der Waals surface area contributed by atoms with Gasteiger partial charge in [0.2, 0.25) is 11.4 Å². The Bertz CT molecular complexity index is 1350. The maximum Gasteiger partial charge on any atom is 0.424 e. The Balaban J connectivity index is 1.83. The van der Waals surface area contributed by atoms with Crippen LogP contribution in [-0.2, 0) is 5.41 Å². The molecule has 0 spiro atoms. The molecule has 33 heavy (non-hydrogen) atoms. The standard InChI is InChI=1S/C22H17Cl2F3N2O4/c1-10-16-12(19(31)33-29-10)3-4-13(17(16)28)18(30)21(32,22(25,26)27)9-20(6-7-20)14-5-2-11(23)8-15(14)24/h2-5,8,32H,6-7,9,28H2,1H3. The Labute approximate surface area is 195 Å².